The highest BCUT2D eigenvalue weighted by Gasteiger charge is 2.04. The van der Waals surface area contributed by atoms with E-state index in [0.717, 1.165) is 22.1 Å². The van der Waals surface area contributed by atoms with Crippen molar-refractivity contribution < 1.29 is 0 Å². The molecule has 94 valence electrons. The van der Waals surface area contributed by atoms with E-state index in [4.69, 9.17) is 0 Å². The third-order valence-corrected chi connectivity index (χ3v) is 3.52. The minimum Gasteiger partial charge on any atom is -0.332 e. The Morgan fingerprint density at radius 3 is 2.68 bits per heavy atom. The quantitative estimate of drug-likeness (QED) is 0.770. The molecule has 3 nitrogen and oxygen atoms in total. The van der Waals surface area contributed by atoms with Crippen LogP contribution in [0.1, 0.15) is 5.56 Å². The van der Waals surface area contributed by atoms with E-state index in [-0.39, 0.29) is 0 Å². The zero-order chi connectivity index (χ0) is 13.1. The van der Waals surface area contributed by atoms with E-state index < -0.39 is 0 Å². The fourth-order valence-corrected chi connectivity index (χ4v) is 2.48. The maximum Gasteiger partial charge on any atom is 0.187 e. The summed E-state index contributed by atoms with van der Waals surface area (Å²) >= 11 is 1.59. The average molecular weight is 267 g/mol. The lowest BCUT2D eigenvalue weighted by atomic mass is 10.2. The summed E-state index contributed by atoms with van der Waals surface area (Å²) in [6.07, 6.45) is 3.59. The van der Waals surface area contributed by atoms with E-state index in [1.807, 2.05) is 23.7 Å². The fourth-order valence-electron chi connectivity index (χ4n) is 1.74. The summed E-state index contributed by atoms with van der Waals surface area (Å²) < 4.78 is 0. The van der Waals surface area contributed by atoms with Gasteiger partial charge in [0.15, 0.2) is 5.13 Å². The molecule has 2 aromatic heterocycles. The lowest BCUT2D eigenvalue weighted by molar-refractivity contribution is 1.30. The summed E-state index contributed by atoms with van der Waals surface area (Å²) in [7, 11) is 0. The highest BCUT2D eigenvalue weighted by molar-refractivity contribution is 7.14. The molecular formula is C15H13N3S. The Morgan fingerprint density at radius 1 is 1.11 bits per heavy atom. The Labute approximate surface area is 116 Å². The van der Waals surface area contributed by atoms with Gasteiger partial charge in [0, 0.05) is 29.0 Å². The second kappa shape index (κ2) is 5.20. The van der Waals surface area contributed by atoms with Gasteiger partial charge in [0.2, 0.25) is 0 Å². The monoisotopic (exact) mass is 267 g/mol. The van der Waals surface area contributed by atoms with Crippen LogP contribution >= 0.6 is 11.3 Å². The maximum atomic E-state index is 4.57. The first-order chi connectivity index (χ1) is 9.31. The Hall–Kier alpha value is -2.20. The number of anilines is 2. The SMILES string of the molecule is Cc1ccc(Nc2nc(-c3cccnc3)cs2)cc1. The largest absolute Gasteiger partial charge is 0.332 e. The van der Waals surface area contributed by atoms with Crippen molar-refractivity contribution in [1.82, 2.24) is 9.97 Å². The van der Waals surface area contributed by atoms with Crippen molar-refractivity contribution in [2.75, 3.05) is 5.32 Å². The molecule has 2 heterocycles. The number of nitrogens with zero attached hydrogens (tertiary/aromatic N) is 2. The van der Waals surface area contributed by atoms with E-state index >= 15 is 0 Å². The van der Waals surface area contributed by atoms with Crippen LogP contribution in [0.3, 0.4) is 0 Å². The molecule has 0 unspecified atom stereocenters. The minimum atomic E-state index is 0.891. The number of nitrogens with one attached hydrogen (secondary N) is 1. The Balaban J connectivity index is 1.80. The molecule has 3 rings (SSSR count). The molecular weight excluding hydrogens is 254 g/mol. The molecule has 1 aromatic carbocycles. The van der Waals surface area contributed by atoms with Gasteiger partial charge in [-0.25, -0.2) is 4.98 Å². The molecule has 0 bridgehead atoms. The van der Waals surface area contributed by atoms with E-state index in [1.54, 1.807) is 17.5 Å². The number of aryl methyl sites for hydroxylation is 1. The summed E-state index contributed by atoms with van der Waals surface area (Å²) in [4.78, 5) is 8.67. The molecule has 0 aliphatic carbocycles. The third-order valence-electron chi connectivity index (χ3n) is 2.76. The molecule has 0 spiro atoms. The normalized spacial score (nSPS) is 10.4. The van der Waals surface area contributed by atoms with E-state index in [2.05, 4.69) is 46.5 Å². The molecule has 0 fully saturated rings. The molecule has 0 saturated carbocycles. The molecule has 0 radical (unpaired) electrons. The number of thiazole rings is 1. The summed E-state index contributed by atoms with van der Waals surface area (Å²) in [5.74, 6) is 0. The lowest BCUT2D eigenvalue weighted by Gasteiger charge is -2.02. The second-order valence-corrected chi connectivity index (χ2v) is 5.13. The topological polar surface area (TPSA) is 37.8 Å². The molecule has 0 atom stereocenters. The van der Waals surface area contributed by atoms with Gasteiger partial charge in [-0.15, -0.1) is 11.3 Å². The van der Waals surface area contributed by atoms with Crippen LogP contribution in [0, 0.1) is 6.92 Å². The van der Waals surface area contributed by atoms with Gasteiger partial charge in [0.05, 0.1) is 5.69 Å². The predicted octanol–water partition coefficient (Wildman–Crippen LogP) is 4.26. The summed E-state index contributed by atoms with van der Waals surface area (Å²) in [5.41, 5.74) is 4.29. The van der Waals surface area contributed by atoms with Gasteiger partial charge in [0.1, 0.15) is 0 Å². The van der Waals surface area contributed by atoms with Gasteiger partial charge in [-0.3, -0.25) is 4.98 Å². The van der Waals surface area contributed by atoms with Crippen LogP contribution in [0.15, 0.2) is 54.2 Å². The first kappa shape index (κ1) is 11.9. The predicted molar refractivity (Wildman–Crippen MR) is 79.8 cm³/mol. The second-order valence-electron chi connectivity index (χ2n) is 4.27. The van der Waals surface area contributed by atoms with Crippen LogP contribution in [0.5, 0.6) is 0 Å². The van der Waals surface area contributed by atoms with Crippen molar-refractivity contribution in [3.63, 3.8) is 0 Å². The van der Waals surface area contributed by atoms with Gasteiger partial charge >= 0.3 is 0 Å². The van der Waals surface area contributed by atoms with Gasteiger partial charge < -0.3 is 5.32 Å². The van der Waals surface area contributed by atoms with Gasteiger partial charge in [-0.1, -0.05) is 17.7 Å². The summed E-state index contributed by atoms with van der Waals surface area (Å²) in [6, 6.07) is 12.2. The molecule has 4 heteroatoms. The molecule has 1 N–H and O–H groups in total. The van der Waals surface area contributed by atoms with Crippen molar-refractivity contribution in [2.24, 2.45) is 0 Å². The van der Waals surface area contributed by atoms with Crippen molar-refractivity contribution in [3.05, 3.63) is 59.7 Å². The lowest BCUT2D eigenvalue weighted by Crippen LogP contribution is -1.89. The highest BCUT2D eigenvalue weighted by atomic mass is 32.1. The van der Waals surface area contributed by atoms with E-state index in [0.29, 0.717) is 0 Å². The Morgan fingerprint density at radius 2 is 1.95 bits per heavy atom. The zero-order valence-corrected chi connectivity index (χ0v) is 11.3. The minimum absolute atomic E-state index is 0.891. The van der Waals surface area contributed by atoms with Crippen LogP contribution in [0.25, 0.3) is 11.3 Å². The van der Waals surface area contributed by atoms with Crippen molar-refractivity contribution in [3.8, 4) is 11.3 Å². The third kappa shape index (κ3) is 2.80. The molecule has 0 amide bonds. The van der Waals surface area contributed by atoms with Crippen molar-refractivity contribution in [1.29, 1.82) is 0 Å². The smallest absolute Gasteiger partial charge is 0.187 e. The van der Waals surface area contributed by atoms with Gasteiger partial charge in [-0.2, -0.15) is 0 Å². The van der Waals surface area contributed by atoms with E-state index in [1.165, 1.54) is 5.56 Å². The number of aromatic nitrogens is 2. The molecule has 19 heavy (non-hydrogen) atoms. The molecule has 3 aromatic rings. The van der Waals surface area contributed by atoms with Crippen LogP contribution in [-0.4, -0.2) is 9.97 Å². The van der Waals surface area contributed by atoms with Crippen LogP contribution in [0.4, 0.5) is 10.8 Å². The summed E-state index contributed by atoms with van der Waals surface area (Å²) in [6.45, 7) is 2.08. The Kier molecular flexibility index (Phi) is 3.25. The fraction of sp³-hybridized carbons (Fsp3) is 0.0667. The summed E-state index contributed by atoms with van der Waals surface area (Å²) in [5, 5.41) is 6.23. The van der Waals surface area contributed by atoms with Gasteiger partial charge in [-0.05, 0) is 31.2 Å². The highest BCUT2D eigenvalue weighted by Crippen LogP contribution is 2.26. The number of rotatable bonds is 3. The first-order valence-corrected chi connectivity index (χ1v) is 6.89. The van der Waals surface area contributed by atoms with Crippen molar-refractivity contribution in [2.45, 2.75) is 6.92 Å². The number of pyridine rings is 1. The molecule has 0 aliphatic rings. The van der Waals surface area contributed by atoms with Crippen LogP contribution in [-0.2, 0) is 0 Å². The zero-order valence-electron chi connectivity index (χ0n) is 10.5. The van der Waals surface area contributed by atoms with Crippen molar-refractivity contribution >= 4 is 22.2 Å². The number of hydrogen-bond acceptors (Lipinski definition) is 4. The maximum absolute atomic E-state index is 4.57. The van der Waals surface area contributed by atoms with Gasteiger partial charge in [0.25, 0.3) is 0 Å². The number of benzene rings is 1. The van der Waals surface area contributed by atoms with Crippen LogP contribution < -0.4 is 5.32 Å². The first-order valence-electron chi connectivity index (χ1n) is 6.01. The van der Waals surface area contributed by atoms with E-state index in [9.17, 15) is 0 Å². The van der Waals surface area contributed by atoms with Crippen LogP contribution in [0.2, 0.25) is 0 Å². The molecule has 0 aliphatic heterocycles. The standard InChI is InChI=1S/C15H13N3S/c1-11-4-6-13(7-5-11)17-15-18-14(10-19-15)12-3-2-8-16-9-12/h2-10H,1H3,(H,17,18). The number of hydrogen-bond donors (Lipinski definition) is 1. The Bertz CT molecular complexity index is 659. The molecule has 0 saturated heterocycles. The average Bonchev–Trinajstić information content (AvgIpc) is 2.91.